The first-order chi connectivity index (χ1) is 10.5. The van der Waals surface area contributed by atoms with Gasteiger partial charge in [0.15, 0.2) is 0 Å². The Kier molecular flexibility index (Phi) is 2.80. The van der Waals surface area contributed by atoms with Crippen molar-refractivity contribution in [2.75, 3.05) is 0 Å². The van der Waals surface area contributed by atoms with Crippen molar-refractivity contribution >= 4 is 32.2 Å². The van der Waals surface area contributed by atoms with Gasteiger partial charge in [-0.3, -0.25) is 20.2 Å². The van der Waals surface area contributed by atoms with Gasteiger partial charge in [0.05, 0.1) is 9.85 Å². The molecule has 0 fully saturated rings. The van der Waals surface area contributed by atoms with Gasteiger partial charge in [-0.25, -0.2) is 0 Å². The fourth-order valence-electron chi connectivity index (χ4n) is 1.69. The molecule has 1 aromatic rings. The zero-order chi connectivity index (χ0) is 17.2. The third-order valence-corrected chi connectivity index (χ3v) is 3.74. The lowest BCUT2D eigenvalue weighted by Gasteiger charge is -2.21. The summed E-state index contributed by atoms with van der Waals surface area (Å²) in [7, 11) is -9.92. The van der Waals surface area contributed by atoms with Crippen LogP contribution in [0.2, 0.25) is 0 Å². The monoisotopic (exact) mass is 372 g/mol. The number of rotatable bonds is 2. The molecule has 0 unspecified atom stereocenters. The molecule has 0 aliphatic carbocycles. The highest BCUT2D eigenvalue weighted by Gasteiger charge is 2.52. The summed E-state index contributed by atoms with van der Waals surface area (Å²) in [4.78, 5) is 23.6. The van der Waals surface area contributed by atoms with Crippen molar-refractivity contribution in [1.29, 1.82) is 0 Å². The van der Waals surface area contributed by atoms with Crippen molar-refractivity contribution in [2.24, 2.45) is 0 Å². The molecule has 15 nitrogen and oxygen atoms in total. The van der Waals surface area contributed by atoms with Gasteiger partial charge in [0.1, 0.15) is 0 Å². The Bertz CT molecular complexity index is 976. The molecule has 0 saturated carbocycles. The van der Waals surface area contributed by atoms with Crippen molar-refractivity contribution in [2.45, 2.75) is 0 Å². The summed E-state index contributed by atoms with van der Waals surface area (Å²) >= 11 is 0. The van der Waals surface area contributed by atoms with E-state index in [0.717, 1.165) is 0 Å². The van der Waals surface area contributed by atoms with Gasteiger partial charge in [0.25, 0.3) is 11.5 Å². The summed E-state index contributed by atoms with van der Waals surface area (Å²) in [5, 5.41) is 22.1. The van der Waals surface area contributed by atoms with Crippen LogP contribution in [0.1, 0.15) is 0 Å². The van der Waals surface area contributed by atoms with Crippen LogP contribution in [0.15, 0.2) is 0 Å². The smallest absolute Gasteiger partial charge is 0.351 e. The number of nitro groups is 2. The molecule has 0 N–H and O–H groups in total. The van der Waals surface area contributed by atoms with Gasteiger partial charge in [-0.15, -0.1) is 8.42 Å². The van der Waals surface area contributed by atoms with Gasteiger partial charge in [-0.1, -0.05) is 0 Å². The Balaban J connectivity index is 2.48. The maximum Gasteiger partial charge on any atom is 0.501 e. The summed E-state index contributed by atoms with van der Waals surface area (Å²) in [6.45, 7) is 0. The van der Waals surface area contributed by atoms with Crippen LogP contribution in [0.4, 0.5) is 11.4 Å². The maximum atomic E-state index is 11.4. The third kappa shape index (κ3) is 2.22. The molecule has 1 aromatic carbocycles. The first kappa shape index (κ1) is 15.0. The van der Waals surface area contributed by atoms with Crippen LogP contribution in [0.5, 0.6) is 23.0 Å². The number of nitrogens with zero attached hydrogens (tertiary/aromatic N) is 2. The lowest BCUT2D eigenvalue weighted by Crippen LogP contribution is -2.27. The van der Waals surface area contributed by atoms with E-state index in [1.54, 1.807) is 0 Å². The molecule has 0 aromatic heterocycles. The summed E-state index contributed by atoms with van der Waals surface area (Å²) in [5.74, 6) is -4.96. The van der Waals surface area contributed by atoms with Crippen LogP contribution in [0.3, 0.4) is 0 Å². The molecule has 17 heteroatoms. The molecule has 2 aliphatic heterocycles. The van der Waals surface area contributed by atoms with Gasteiger partial charge in [0, 0.05) is 0 Å². The van der Waals surface area contributed by atoms with E-state index in [1.165, 1.54) is 0 Å². The van der Waals surface area contributed by atoms with E-state index < -0.39 is 65.0 Å². The fourth-order valence-corrected chi connectivity index (χ4v) is 2.98. The van der Waals surface area contributed by atoms with E-state index >= 15 is 0 Å². The van der Waals surface area contributed by atoms with Gasteiger partial charge < -0.3 is 17.4 Å². The SMILES string of the molecule is O=[N+]([O-])c1c2c(c3c([N+](=O)[O-])c1OS(=O)(=O)O3)OS(=O)(=O)OO2. The minimum atomic E-state index is -4.99. The molecule has 0 amide bonds. The molecule has 2 heterocycles. The third-order valence-electron chi connectivity index (χ3n) is 2.39. The Morgan fingerprint density at radius 1 is 0.696 bits per heavy atom. The van der Waals surface area contributed by atoms with E-state index in [-0.39, 0.29) is 0 Å². The number of benzene rings is 1. The molecule has 0 atom stereocenters. The molecule has 2 bridgehead atoms. The molecule has 2 aliphatic rings. The highest BCUT2D eigenvalue weighted by Crippen LogP contribution is 2.60. The van der Waals surface area contributed by atoms with E-state index in [2.05, 4.69) is 21.8 Å². The van der Waals surface area contributed by atoms with E-state index in [1.807, 2.05) is 0 Å². The zero-order valence-electron chi connectivity index (χ0n) is 10.0. The Hall–Kier alpha value is -2.92. The number of nitro benzene ring substituents is 2. The first-order valence-corrected chi connectivity index (χ1v) is 7.66. The summed E-state index contributed by atoms with van der Waals surface area (Å²) in [5.41, 5.74) is -2.75. The van der Waals surface area contributed by atoms with Crippen LogP contribution in [0, 0.1) is 20.2 Å². The van der Waals surface area contributed by atoms with Gasteiger partial charge in [-0.2, -0.15) is 8.42 Å². The summed E-state index contributed by atoms with van der Waals surface area (Å²) in [6, 6.07) is 0. The standard InChI is InChI=1S/C6N2O13S2/c9-7(10)1-3-2(8(11)12)5(19-22(13,14)18-3)6-4(1)17-21-23(15,16)20-6. The predicted octanol–water partition coefficient (Wildman–Crippen LogP) is -0.533. The van der Waals surface area contributed by atoms with Crippen LogP contribution >= 0.6 is 0 Å². The van der Waals surface area contributed by atoms with Crippen molar-refractivity contribution in [3.63, 3.8) is 0 Å². The van der Waals surface area contributed by atoms with Crippen molar-refractivity contribution in [3.8, 4) is 23.0 Å². The van der Waals surface area contributed by atoms with Crippen LogP contribution in [-0.2, 0) is 25.1 Å². The van der Waals surface area contributed by atoms with Crippen LogP contribution in [-0.4, -0.2) is 26.7 Å². The highest BCUT2D eigenvalue weighted by atomic mass is 32.3. The second-order valence-corrected chi connectivity index (χ2v) is 6.01. The Morgan fingerprint density at radius 3 is 1.74 bits per heavy atom. The number of hydrogen-bond donors (Lipinski definition) is 0. The Labute approximate surface area is 124 Å². The molecular weight excluding hydrogens is 372 g/mol. The molecule has 124 valence electrons. The highest BCUT2D eigenvalue weighted by molar-refractivity contribution is 7.82. The van der Waals surface area contributed by atoms with E-state index in [9.17, 15) is 37.1 Å². The number of hydrogen-bond acceptors (Lipinski definition) is 13. The topological polar surface area (TPSA) is 201 Å². The van der Waals surface area contributed by atoms with Crippen molar-refractivity contribution in [3.05, 3.63) is 20.2 Å². The molecular formula is C6N2O13S2. The van der Waals surface area contributed by atoms with E-state index in [0.29, 0.717) is 0 Å². The normalized spacial score (nSPS) is 19.1. The van der Waals surface area contributed by atoms with Crippen molar-refractivity contribution in [1.82, 2.24) is 0 Å². The molecule has 23 heavy (non-hydrogen) atoms. The average molecular weight is 372 g/mol. The first-order valence-electron chi connectivity index (χ1n) is 4.99. The molecule has 0 radical (unpaired) electrons. The lowest BCUT2D eigenvalue weighted by atomic mass is 10.2. The lowest BCUT2D eigenvalue weighted by molar-refractivity contribution is -0.398. The maximum absolute atomic E-state index is 11.4. The van der Waals surface area contributed by atoms with Gasteiger partial charge in [0.2, 0.25) is 5.75 Å². The Morgan fingerprint density at radius 2 is 1.17 bits per heavy atom. The summed E-state index contributed by atoms with van der Waals surface area (Å²) in [6.07, 6.45) is 0. The second-order valence-electron chi connectivity index (χ2n) is 3.75. The van der Waals surface area contributed by atoms with Crippen molar-refractivity contribution < 1.29 is 48.5 Å². The van der Waals surface area contributed by atoms with E-state index in [4.69, 9.17) is 0 Å². The minimum Gasteiger partial charge on any atom is -0.351 e. The van der Waals surface area contributed by atoms with Crippen LogP contribution < -0.4 is 17.4 Å². The second kappa shape index (κ2) is 4.30. The predicted molar refractivity (Wildman–Crippen MR) is 61.2 cm³/mol. The van der Waals surface area contributed by atoms with Gasteiger partial charge in [-0.05, 0) is 4.33 Å². The van der Waals surface area contributed by atoms with Gasteiger partial charge >= 0.3 is 37.9 Å². The minimum absolute atomic E-state index is 1.09. The number of fused-ring (bicyclic) bond motifs is 4. The largest absolute Gasteiger partial charge is 0.501 e. The fraction of sp³-hybridized carbons (Fsp3) is 0. The summed E-state index contributed by atoms with van der Waals surface area (Å²) < 4.78 is 61.3. The average Bonchev–Trinajstić information content (AvgIpc) is 2.36. The molecule has 0 spiro atoms. The quantitative estimate of drug-likeness (QED) is 0.364. The molecule has 0 saturated heterocycles. The van der Waals surface area contributed by atoms with Crippen LogP contribution in [0.25, 0.3) is 0 Å². The molecule has 3 rings (SSSR count). The zero-order valence-corrected chi connectivity index (χ0v) is 11.7.